The standard InChI is InChI=1S/C22H24FN3O2.2H2/c1-22(2,3)19-14-20(26-28-19)25-21(27)24-17-12-9-15(10-13-17)8-11-16-6-4-5-7-18(16)23;;/h4-7,9-10,12-14H,8,11H2,1-3H3,(H2,24,25,26,27);2*1H. The van der Waals surface area contributed by atoms with Crippen LogP contribution in [0.25, 0.3) is 0 Å². The van der Waals surface area contributed by atoms with Crippen LogP contribution in [0.1, 0.15) is 40.5 Å². The minimum atomic E-state index is -0.395. The largest absolute Gasteiger partial charge is 0.359 e. The highest BCUT2D eigenvalue weighted by atomic mass is 19.1. The number of nitrogens with one attached hydrogen (secondary N) is 2. The summed E-state index contributed by atoms with van der Waals surface area (Å²) in [4.78, 5) is 12.1. The molecule has 0 bridgehead atoms. The molecule has 0 unspecified atom stereocenters. The number of carbonyl (C=O) groups is 1. The Morgan fingerprint density at radius 3 is 2.43 bits per heavy atom. The number of benzene rings is 2. The van der Waals surface area contributed by atoms with Crippen LogP contribution in [0.15, 0.2) is 59.1 Å². The van der Waals surface area contributed by atoms with E-state index in [-0.39, 0.29) is 14.1 Å². The van der Waals surface area contributed by atoms with Crippen LogP contribution < -0.4 is 10.6 Å². The summed E-state index contributed by atoms with van der Waals surface area (Å²) in [7, 11) is 0. The summed E-state index contributed by atoms with van der Waals surface area (Å²) in [6.45, 7) is 6.02. The first-order valence-corrected chi connectivity index (χ1v) is 9.19. The van der Waals surface area contributed by atoms with Gasteiger partial charge in [-0.05, 0) is 42.2 Å². The van der Waals surface area contributed by atoms with Crippen molar-refractivity contribution in [2.45, 2.75) is 39.0 Å². The van der Waals surface area contributed by atoms with Gasteiger partial charge in [0.2, 0.25) is 0 Å². The van der Waals surface area contributed by atoms with E-state index in [0.29, 0.717) is 29.2 Å². The van der Waals surface area contributed by atoms with E-state index < -0.39 is 6.03 Å². The number of rotatable bonds is 5. The van der Waals surface area contributed by atoms with Crippen LogP contribution in [-0.4, -0.2) is 11.2 Å². The number of nitrogens with zero attached hydrogens (tertiary/aromatic N) is 1. The molecule has 6 heteroatoms. The Hall–Kier alpha value is -3.15. The van der Waals surface area contributed by atoms with Gasteiger partial charge in [0, 0.05) is 20.0 Å². The van der Waals surface area contributed by atoms with Gasteiger partial charge in [0.05, 0.1) is 0 Å². The fourth-order valence-electron chi connectivity index (χ4n) is 2.70. The van der Waals surface area contributed by atoms with Gasteiger partial charge in [0.1, 0.15) is 11.6 Å². The van der Waals surface area contributed by atoms with Gasteiger partial charge < -0.3 is 9.84 Å². The van der Waals surface area contributed by atoms with E-state index in [0.717, 1.165) is 12.0 Å². The summed E-state index contributed by atoms with van der Waals surface area (Å²) in [5.41, 5.74) is 2.25. The van der Waals surface area contributed by atoms with Crippen LogP contribution in [0, 0.1) is 5.82 Å². The molecule has 2 aromatic carbocycles. The van der Waals surface area contributed by atoms with Crippen LogP contribution in [0.4, 0.5) is 20.7 Å². The molecule has 3 aromatic rings. The molecule has 0 fully saturated rings. The first-order chi connectivity index (χ1) is 13.3. The maximum atomic E-state index is 13.7. The third kappa shape index (κ3) is 5.19. The summed E-state index contributed by atoms with van der Waals surface area (Å²) in [5.74, 6) is 0.880. The Balaban J connectivity index is 0.00000225. The lowest BCUT2D eigenvalue weighted by molar-refractivity contribution is 0.262. The van der Waals surface area contributed by atoms with Gasteiger partial charge in [-0.3, -0.25) is 5.32 Å². The predicted octanol–water partition coefficient (Wildman–Crippen LogP) is 6.03. The summed E-state index contributed by atoms with van der Waals surface area (Å²) < 4.78 is 18.9. The predicted molar refractivity (Wildman–Crippen MR) is 112 cm³/mol. The molecule has 5 nitrogen and oxygen atoms in total. The van der Waals surface area contributed by atoms with Gasteiger partial charge in [-0.1, -0.05) is 56.3 Å². The van der Waals surface area contributed by atoms with E-state index in [2.05, 4.69) is 15.8 Å². The molecule has 0 aliphatic rings. The van der Waals surface area contributed by atoms with Crippen molar-refractivity contribution in [2.24, 2.45) is 0 Å². The molecule has 0 saturated heterocycles. The van der Waals surface area contributed by atoms with E-state index in [1.54, 1.807) is 18.2 Å². The summed E-state index contributed by atoms with van der Waals surface area (Å²) in [6.07, 6.45) is 1.35. The zero-order valence-electron chi connectivity index (χ0n) is 16.3. The fourth-order valence-corrected chi connectivity index (χ4v) is 2.70. The van der Waals surface area contributed by atoms with Gasteiger partial charge in [-0.15, -0.1) is 0 Å². The molecule has 150 valence electrons. The number of urea groups is 1. The molecular formula is C22H28FN3O2. The number of aryl methyl sites for hydroxylation is 2. The van der Waals surface area contributed by atoms with Crippen molar-refractivity contribution >= 4 is 17.5 Å². The molecule has 0 aliphatic heterocycles. The van der Waals surface area contributed by atoms with E-state index in [1.165, 1.54) is 6.07 Å². The highest BCUT2D eigenvalue weighted by molar-refractivity contribution is 5.99. The molecule has 2 N–H and O–H groups in total. The number of halogens is 1. The molecule has 0 radical (unpaired) electrons. The van der Waals surface area contributed by atoms with Crippen LogP contribution in [-0.2, 0) is 18.3 Å². The Morgan fingerprint density at radius 2 is 1.79 bits per heavy atom. The SMILES string of the molecule is CC(C)(C)c1cc(NC(=O)Nc2ccc(CCc3ccccc3F)cc2)no1.[HH].[HH]. The zero-order valence-corrected chi connectivity index (χ0v) is 16.3. The lowest BCUT2D eigenvalue weighted by Crippen LogP contribution is -2.19. The Morgan fingerprint density at radius 1 is 1.07 bits per heavy atom. The van der Waals surface area contributed by atoms with Crippen molar-refractivity contribution < 1.29 is 16.6 Å². The number of carbonyl (C=O) groups excluding carboxylic acids is 1. The average molecular weight is 385 g/mol. The molecule has 2 amide bonds. The average Bonchev–Trinajstić information content (AvgIpc) is 3.11. The first kappa shape index (κ1) is 19.6. The second-order valence-corrected chi connectivity index (χ2v) is 7.69. The Labute approximate surface area is 166 Å². The number of hydrogen-bond donors (Lipinski definition) is 2. The minimum Gasteiger partial charge on any atom is -0.359 e. The summed E-state index contributed by atoms with van der Waals surface area (Å²) in [5, 5.41) is 9.27. The lowest BCUT2D eigenvalue weighted by Gasteiger charge is -2.12. The Kier molecular flexibility index (Phi) is 5.78. The van der Waals surface area contributed by atoms with Crippen molar-refractivity contribution in [3.8, 4) is 0 Å². The Bertz CT molecular complexity index is 954. The van der Waals surface area contributed by atoms with Crippen molar-refractivity contribution in [1.29, 1.82) is 0 Å². The molecule has 0 aliphatic carbocycles. The highest BCUT2D eigenvalue weighted by Crippen LogP contribution is 2.24. The molecule has 28 heavy (non-hydrogen) atoms. The van der Waals surface area contributed by atoms with E-state index in [1.807, 2.05) is 51.1 Å². The van der Waals surface area contributed by atoms with Crippen molar-refractivity contribution in [3.05, 3.63) is 77.3 Å². The molecule has 0 atom stereocenters. The normalized spacial score (nSPS) is 11.3. The number of amides is 2. The van der Waals surface area contributed by atoms with E-state index in [9.17, 15) is 9.18 Å². The lowest BCUT2D eigenvalue weighted by atomic mass is 9.93. The van der Waals surface area contributed by atoms with Crippen molar-refractivity contribution in [3.63, 3.8) is 0 Å². The smallest absolute Gasteiger partial charge is 0.324 e. The van der Waals surface area contributed by atoms with Gasteiger partial charge in [0.25, 0.3) is 0 Å². The minimum absolute atomic E-state index is 0. The maximum absolute atomic E-state index is 13.7. The molecule has 3 rings (SSSR count). The number of aromatic nitrogens is 1. The van der Waals surface area contributed by atoms with Gasteiger partial charge in [-0.2, -0.15) is 0 Å². The summed E-state index contributed by atoms with van der Waals surface area (Å²) in [6, 6.07) is 15.6. The summed E-state index contributed by atoms with van der Waals surface area (Å²) >= 11 is 0. The first-order valence-electron chi connectivity index (χ1n) is 9.19. The van der Waals surface area contributed by atoms with E-state index in [4.69, 9.17) is 4.52 Å². The monoisotopic (exact) mass is 385 g/mol. The van der Waals surface area contributed by atoms with Crippen LogP contribution >= 0.6 is 0 Å². The van der Waals surface area contributed by atoms with Crippen molar-refractivity contribution in [1.82, 2.24) is 5.16 Å². The second kappa shape index (κ2) is 8.25. The van der Waals surface area contributed by atoms with Gasteiger partial charge in [0.15, 0.2) is 5.82 Å². The maximum Gasteiger partial charge on any atom is 0.324 e. The van der Waals surface area contributed by atoms with Gasteiger partial charge >= 0.3 is 6.03 Å². The molecule has 0 spiro atoms. The molecule has 0 saturated carbocycles. The molecule has 1 aromatic heterocycles. The van der Waals surface area contributed by atoms with Crippen LogP contribution in [0.3, 0.4) is 0 Å². The fraction of sp³-hybridized carbons (Fsp3) is 0.273. The molecule has 1 heterocycles. The van der Waals surface area contributed by atoms with Crippen LogP contribution in [0.2, 0.25) is 0 Å². The third-order valence-corrected chi connectivity index (χ3v) is 4.34. The van der Waals surface area contributed by atoms with Gasteiger partial charge in [-0.25, -0.2) is 9.18 Å². The van der Waals surface area contributed by atoms with Crippen LogP contribution in [0.5, 0.6) is 0 Å². The molecular weight excluding hydrogens is 357 g/mol. The van der Waals surface area contributed by atoms with Crippen molar-refractivity contribution in [2.75, 3.05) is 10.6 Å². The zero-order chi connectivity index (χ0) is 20.1. The third-order valence-electron chi connectivity index (χ3n) is 4.34. The highest BCUT2D eigenvalue weighted by Gasteiger charge is 2.20. The number of anilines is 2. The van der Waals surface area contributed by atoms with E-state index >= 15 is 0 Å². The second-order valence-electron chi connectivity index (χ2n) is 7.69. The topological polar surface area (TPSA) is 67.2 Å². The quantitative estimate of drug-likeness (QED) is 0.563. The number of hydrogen-bond acceptors (Lipinski definition) is 3.